The Hall–Kier alpha value is -2.10. The van der Waals surface area contributed by atoms with E-state index < -0.39 is 28.6 Å². The Bertz CT molecular complexity index is 686. The van der Waals surface area contributed by atoms with Gasteiger partial charge in [0, 0.05) is 6.42 Å². The summed E-state index contributed by atoms with van der Waals surface area (Å²) in [6.07, 6.45) is 7.80. The van der Waals surface area contributed by atoms with Crippen LogP contribution < -0.4 is 0 Å². The zero-order valence-electron chi connectivity index (χ0n) is 15.4. The zero-order chi connectivity index (χ0) is 18.8. The summed E-state index contributed by atoms with van der Waals surface area (Å²) in [5, 5.41) is 38.8. The van der Waals surface area contributed by atoms with E-state index in [1.165, 1.54) is 0 Å². The Morgan fingerprint density at radius 2 is 1.81 bits per heavy atom. The van der Waals surface area contributed by atoms with Gasteiger partial charge in [0.25, 0.3) is 0 Å². The molecule has 1 aliphatic carbocycles. The van der Waals surface area contributed by atoms with Crippen LogP contribution in [0.15, 0.2) is 0 Å². The first kappa shape index (κ1) is 18.7. The van der Waals surface area contributed by atoms with Gasteiger partial charge in [-0.2, -0.15) is 15.8 Å². The largest absolute Gasteiger partial charge is 0.447 e. The van der Waals surface area contributed by atoms with E-state index in [0.29, 0.717) is 19.3 Å². The van der Waals surface area contributed by atoms with Crippen LogP contribution in [-0.4, -0.2) is 17.8 Å². The third-order valence-corrected chi connectivity index (χ3v) is 6.50. The molecule has 6 nitrogen and oxygen atoms in total. The molecule has 2 aliphatic heterocycles. The van der Waals surface area contributed by atoms with Gasteiger partial charge in [0.2, 0.25) is 11.7 Å². The molecule has 3 aliphatic rings. The lowest BCUT2D eigenvalue weighted by atomic mass is 9.52. The first-order valence-corrected chi connectivity index (χ1v) is 9.76. The Labute approximate surface area is 155 Å². The number of nitrogens with one attached hydrogen (secondary N) is 1. The standard InChI is InChI=1S/C20H26N4O2/c1-2-3-6-10-16-18(12-21,13-22)19(14-23)15-9-7-4-5-8-11-20(15,25-16)26-17(19)24/h15-16,24H,2-11H2,1H3. The predicted octanol–water partition coefficient (Wildman–Crippen LogP) is 4.18. The van der Waals surface area contributed by atoms with Crippen molar-refractivity contribution < 1.29 is 9.47 Å². The third-order valence-electron chi connectivity index (χ3n) is 6.50. The van der Waals surface area contributed by atoms with Crippen LogP contribution in [-0.2, 0) is 9.47 Å². The highest BCUT2D eigenvalue weighted by atomic mass is 16.7. The van der Waals surface area contributed by atoms with Crippen molar-refractivity contribution in [3.05, 3.63) is 0 Å². The lowest BCUT2D eigenvalue weighted by Gasteiger charge is -2.50. The fourth-order valence-corrected chi connectivity index (χ4v) is 5.17. The minimum absolute atomic E-state index is 0.243. The second-order valence-corrected chi connectivity index (χ2v) is 7.80. The molecule has 26 heavy (non-hydrogen) atoms. The highest BCUT2D eigenvalue weighted by Gasteiger charge is 2.79. The van der Waals surface area contributed by atoms with E-state index in [-0.39, 0.29) is 5.90 Å². The average Bonchev–Trinajstić information content (AvgIpc) is 2.80. The number of hydrogen-bond donors (Lipinski definition) is 1. The van der Waals surface area contributed by atoms with Crippen molar-refractivity contribution in [2.75, 3.05) is 0 Å². The minimum atomic E-state index is -1.70. The van der Waals surface area contributed by atoms with Crippen molar-refractivity contribution in [3.63, 3.8) is 0 Å². The quantitative estimate of drug-likeness (QED) is 0.760. The molecule has 0 amide bonds. The summed E-state index contributed by atoms with van der Waals surface area (Å²) in [5.41, 5.74) is -3.24. The molecule has 0 aromatic rings. The van der Waals surface area contributed by atoms with Gasteiger partial charge in [-0.15, -0.1) is 0 Å². The van der Waals surface area contributed by atoms with Crippen LogP contribution in [0.25, 0.3) is 0 Å². The minimum Gasteiger partial charge on any atom is -0.447 e. The van der Waals surface area contributed by atoms with Crippen LogP contribution in [0.4, 0.5) is 0 Å². The first-order valence-electron chi connectivity index (χ1n) is 9.76. The van der Waals surface area contributed by atoms with Gasteiger partial charge in [0.05, 0.1) is 30.2 Å². The molecule has 0 aromatic carbocycles. The summed E-state index contributed by atoms with van der Waals surface area (Å²) < 4.78 is 12.3. The van der Waals surface area contributed by atoms with Gasteiger partial charge in [-0.25, -0.2) is 0 Å². The van der Waals surface area contributed by atoms with Crippen molar-refractivity contribution in [2.45, 2.75) is 83.0 Å². The molecule has 0 radical (unpaired) electrons. The molecular weight excluding hydrogens is 328 g/mol. The van der Waals surface area contributed by atoms with Crippen LogP contribution in [0.3, 0.4) is 0 Å². The normalized spacial score (nSPS) is 37.8. The van der Waals surface area contributed by atoms with Gasteiger partial charge in [-0.3, -0.25) is 5.41 Å². The molecular formula is C20H26N4O2. The maximum atomic E-state index is 10.2. The van der Waals surface area contributed by atoms with E-state index in [4.69, 9.17) is 14.9 Å². The van der Waals surface area contributed by atoms with Crippen molar-refractivity contribution in [1.82, 2.24) is 0 Å². The van der Waals surface area contributed by atoms with Crippen LogP contribution in [0.5, 0.6) is 0 Å². The Morgan fingerprint density at radius 3 is 2.46 bits per heavy atom. The second-order valence-electron chi connectivity index (χ2n) is 7.80. The molecule has 1 saturated carbocycles. The fraction of sp³-hybridized carbons (Fsp3) is 0.800. The Kier molecular flexibility index (Phi) is 4.96. The van der Waals surface area contributed by atoms with E-state index in [2.05, 4.69) is 25.1 Å². The topological polar surface area (TPSA) is 114 Å². The molecule has 4 atom stereocenters. The molecule has 0 aromatic heterocycles. The highest BCUT2D eigenvalue weighted by molar-refractivity contribution is 5.89. The number of nitrogens with zero attached hydrogens (tertiary/aromatic N) is 3. The van der Waals surface area contributed by atoms with E-state index in [9.17, 15) is 15.8 Å². The van der Waals surface area contributed by atoms with Crippen LogP contribution in [0.1, 0.15) is 71.1 Å². The van der Waals surface area contributed by atoms with E-state index in [0.717, 1.165) is 44.9 Å². The number of rotatable bonds is 4. The molecule has 1 N–H and O–H groups in total. The van der Waals surface area contributed by atoms with Crippen LogP contribution in [0.2, 0.25) is 0 Å². The molecule has 4 unspecified atom stereocenters. The zero-order valence-corrected chi connectivity index (χ0v) is 15.4. The molecule has 138 valence electrons. The molecule has 2 heterocycles. The van der Waals surface area contributed by atoms with Gasteiger partial charge < -0.3 is 9.47 Å². The fourth-order valence-electron chi connectivity index (χ4n) is 5.17. The second kappa shape index (κ2) is 6.90. The SMILES string of the molecule is CCCCCC1OC23CCCCCCC2C(C#N)(C(=N)O3)C1(C#N)C#N. The number of hydrogen-bond acceptors (Lipinski definition) is 6. The van der Waals surface area contributed by atoms with Gasteiger partial charge in [0.1, 0.15) is 0 Å². The van der Waals surface area contributed by atoms with Gasteiger partial charge >= 0.3 is 0 Å². The number of nitriles is 3. The molecule has 3 fully saturated rings. The maximum absolute atomic E-state index is 10.2. The summed E-state index contributed by atoms with van der Waals surface area (Å²) in [4.78, 5) is 0. The Morgan fingerprint density at radius 1 is 1.08 bits per heavy atom. The van der Waals surface area contributed by atoms with Crippen molar-refractivity contribution in [1.29, 1.82) is 21.2 Å². The monoisotopic (exact) mass is 354 g/mol. The van der Waals surface area contributed by atoms with Gasteiger partial charge in [-0.05, 0) is 19.3 Å². The Balaban J connectivity index is 2.13. The first-order chi connectivity index (χ1) is 12.6. The summed E-state index contributed by atoms with van der Waals surface area (Å²) in [7, 11) is 0. The average molecular weight is 354 g/mol. The third kappa shape index (κ3) is 2.27. The number of ether oxygens (including phenoxy) is 2. The summed E-state index contributed by atoms with van der Waals surface area (Å²) >= 11 is 0. The lowest BCUT2D eigenvalue weighted by molar-refractivity contribution is -0.287. The van der Waals surface area contributed by atoms with E-state index >= 15 is 0 Å². The molecule has 6 heteroatoms. The van der Waals surface area contributed by atoms with E-state index in [1.54, 1.807) is 0 Å². The molecule has 0 spiro atoms. The van der Waals surface area contributed by atoms with Gasteiger partial charge in [-0.1, -0.05) is 45.4 Å². The summed E-state index contributed by atoms with van der Waals surface area (Å²) in [5.74, 6) is -1.70. The predicted molar refractivity (Wildman–Crippen MR) is 93.5 cm³/mol. The molecule has 2 saturated heterocycles. The number of unbranched alkanes of at least 4 members (excludes halogenated alkanes) is 2. The lowest BCUT2D eigenvalue weighted by Crippen LogP contribution is -2.62. The molecule has 2 bridgehead atoms. The van der Waals surface area contributed by atoms with Crippen LogP contribution in [0, 0.1) is 56.2 Å². The van der Waals surface area contributed by atoms with Crippen molar-refractivity contribution in [2.24, 2.45) is 16.7 Å². The van der Waals surface area contributed by atoms with Crippen molar-refractivity contribution >= 4 is 5.90 Å². The van der Waals surface area contributed by atoms with E-state index in [1.807, 2.05) is 0 Å². The molecule has 3 rings (SSSR count). The summed E-state index contributed by atoms with van der Waals surface area (Å²) in [6.45, 7) is 2.09. The van der Waals surface area contributed by atoms with Crippen molar-refractivity contribution in [3.8, 4) is 18.2 Å². The van der Waals surface area contributed by atoms with Crippen LogP contribution >= 0.6 is 0 Å². The maximum Gasteiger partial charge on any atom is 0.217 e. The summed E-state index contributed by atoms with van der Waals surface area (Å²) in [6, 6.07) is 6.50. The smallest absolute Gasteiger partial charge is 0.217 e. The highest BCUT2D eigenvalue weighted by Crippen LogP contribution is 2.65. The van der Waals surface area contributed by atoms with Gasteiger partial charge in [0.15, 0.2) is 10.8 Å².